The largest absolute Gasteiger partial charge is 0.491 e. The van der Waals surface area contributed by atoms with Gasteiger partial charge in [0.1, 0.15) is 31.2 Å². The number of rotatable bonds is 13. The molecular formula is C25H31Cl3O7S. The number of ether oxygens (including phenoxy) is 3. The summed E-state index contributed by atoms with van der Waals surface area (Å²) in [5.41, 5.74) is 1.30. The zero-order chi connectivity index (χ0) is 27.1. The number of aliphatic hydroxyl groups excluding tert-OH is 1. The predicted molar refractivity (Wildman–Crippen MR) is 143 cm³/mol. The average Bonchev–Trinajstić information content (AvgIpc) is 2.81. The number of hydrogen-bond acceptors (Lipinski definition) is 7. The summed E-state index contributed by atoms with van der Waals surface area (Å²) in [6, 6.07) is 10.8. The zero-order valence-electron chi connectivity index (χ0n) is 20.6. The molecule has 0 bridgehead atoms. The molecule has 2 aromatic rings. The molecule has 0 spiro atoms. The molecule has 2 aromatic carbocycles. The number of benzene rings is 2. The van der Waals surface area contributed by atoms with E-state index in [0.29, 0.717) is 15.8 Å². The first kappa shape index (κ1) is 30.5. The molecule has 0 aliphatic carbocycles. The van der Waals surface area contributed by atoms with Crippen molar-refractivity contribution in [1.29, 1.82) is 0 Å². The van der Waals surface area contributed by atoms with Crippen LogP contribution in [0.5, 0.6) is 11.5 Å². The molecule has 0 unspecified atom stereocenters. The Morgan fingerprint density at radius 1 is 1.03 bits per heavy atom. The number of esters is 1. The van der Waals surface area contributed by atoms with Crippen molar-refractivity contribution in [3.8, 4) is 11.5 Å². The number of carbonyl (C=O) groups excluding carboxylic acids is 1. The third-order valence-corrected chi connectivity index (χ3v) is 8.22. The first-order valence-corrected chi connectivity index (χ1v) is 14.4. The number of alkyl halides is 1. The second-order valence-corrected chi connectivity index (χ2v) is 12.3. The maximum Gasteiger partial charge on any atom is 0.303 e. The normalized spacial score (nSPS) is 13.7. The summed E-state index contributed by atoms with van der Waals surface area (Å²) in [5, 5.41) is 10.5. The molecule has 2 rings (SSSR count). The lowest BCUT2D eigenvalue weighted by Gasteiger charge is -2.27. The molecule has 1 N–H and O–H groups in total. The minimum absolute atomic E-state index is 0.00575. The van der Waals surface area contributed by atoms with Crippen molar-refractivity contribution in [2.75, 3.05) is 30.6 Å². The van der Waals surface area contributed by atoms with E-state index in [1.807, 2.05) is 26.0 Å². The van der Waals surface area contributed by atoms with Gasteiger partial charge in [0.25, 0.3) is 0 Å². The minimum atomic E-state index is -3.29. The van der Waals surface area contributed by atoms with Crippen LogP contribution in [0.2, 0.25) is 10.0 Å². The molecule has 0 heterocycles. The smallest absolute Gasteiger partial charge is 0.303 e. The molecule has 2 atom stereocenters. The van der Waals surface area contributed by atoms with Crippen LogP contribution in [0.25, 0.3) is 0 Å². The van der Waals surface area contributed by atoms with Crippen LogP contribution in [0.15, 0.2) is 36.4 Å². The Morgan fingerprint density at radius 2 is 1.61 bits per heavy atom. The SMILES string of the molecule is CCS(=O)(=O)C[C@@H](O)COc1ccc(C(C)(C)c2cc(Cl)c(OC[C@H](CCl)OC(C)=O)c(Cl)c2)cc1. The van der Waals surface area contributed by atoms with Crippen LogP contribution in [0.4, 0.5) is 0 Å². The molecule has 200 valence electrons. The minimum Gasteiger partial charge on any atom is -0.491 e. The third kappa shape index (κ3) is 8.70. The van der Waals surface area contributed by atoms with Gasteiger partial charge < -0.3 is 19.3 Å². The van der Waals surface area contributed by atoms with Crippen LogP contribution in [-0.4, -0.2) is 62.3 Å². The fourth-order valence-corrected chi connectivity index (χ4v) is 5.03. The Bertz CT molecular complexity index is 1110. The number of sulfone groups is 1. The third-order valence-electron chi connectivity index (χ3n) is 5.54. The highest BCUT2D eigenvalue weighted by Crippen LogP contribution is 2.40. The summed E-state index contributed by atoms with van der Waals surface area (Å²) in [6.45, 7) is 6.72. The molecule has 0 saturated carbocycles. The van der Waals surface area contributed by atoms with E-state index in [4.69, 9.17) is 49.0 Å². The Labute approximate surface area is 227 Å². The van der Waals surface area contributed by atoms with E-state index in [1.54, 1.807) is 24.3 Å². The second-order valence-electron chi connectivity index (χ2n) is 8.78. The van der Waals surface area contributed by atoms with E-state index in [0.717, 1.165) is 11.1 Å². The topological polar surface area (TPSA) is 99.1 Å². The maximum absolute atomic E-state index is 11.6. The van der Waals surface area contributed by atoms with Crippen LogP contribution in [0, 0.1) is 0 Å². The van der Waals surface area contributed by atoms with Gasteiger partial charge in [-0.2, -0.15) is 0 Å². The van der Waals surface area contributed by atoms with E-state index < -0.39 is 33.4 Å². The van der Waals surface area contributed by atoms with E-state index >= 15 is 0 Å². The van der Waals surface area contributed by atoms with Crippen molar-refractivity contribution < 1.29 is 32.5 Å². The van der Waals surface area contributed by atoms with Gasteiger partial charge in [0.2, 0.25) is 0 Å². The summed E-state index contributed by atoms with van der Waals surface area (Å²) >= 11 is 18.8. The van der Waals surface area contributed by atoms with Gasteiger partial charge in [-0.1, -0.05) is 56.1 Å². The maximum atomic E-state index is 11.6. The molecule has 36 heavy (non-hydrogen) atoms. The zero-order valence-corrected chi connectivity index (χ0v) is 23.7. The number of halogens is 3. The molecule has 0 aliphatic rings. The van der Waals surface area contributed by atoms with E-state index in [2.05, 4.69) is 0 Å². The fourth-order valence-electron chi connectivity index (χ4n) is 3.37. The van der Waals surface area contributed by atoms with Gasteiger partial charge in [0.05, 0.1) is 21.7 Å². The van der Waals surface area contributed by atoms with Crippen LogP contribution in [0.1, 0.15) is 38.8 Å². The van der Waals surface area contributed by atoms with Gasteiger partial charge in [-0.05, 0) is 35.4 Å². The van der Waals surface area contributed by atoms with Gasteiger partial charge >= 0.3 is 5.97 Å². The fraction of sp³-hybridized carbons (Fsp3) is 0.480. The molecular weight excluding hydrogens is 551 g/mol. The Kier molecular flexibility index (Phi) is 11.2. The predicted octanol–water partition coefficient (Wildman–Crippen LogP) is 5.04. The van der Waals surface area contributed by atoms with Crippen molar-refractivity contribution in [3.63, 3.8) is 0 Å². The van der Waals surface area contributed by atoms with E-state index in [9.17, 15) is 18.3 Å². The molecule has 7 nitrogen and oxygen atoms in total. The lowest BCUT2D eigenvalue weighted by atomic mass is 9.78. The second kappa shape index (κ2) is 13.2. The summed E-state index contributed by atoms with van der Waals surface area (Å²) < 4.78 is 39.6. The quantitative estimate of drug-likeness (QED) is 0.261. The van der Waals surface area contributed by atoms with Crippen molar-refractivity contribution in [1.82, 2.24) is 0 Å². The molecule has 0 saturated heterocycles. The van der Waals surface area contributed by atoms with Crippen LogP contribution >= 0.6 is 34.8 Å². The van der Waals surface area contributed by atoms with Crippen LogP contribution in [0.3, 0.4) is 0 Å². The molecule has 0 amide bonds. The lowest BCUT2D eigenvalue weighted by Crippen LogP contribution is -2.28. The van der Waals surface area contributed by atoms with Crippen LogP contribution in [-0.2, 0) is 24.8 Å². The number of aliphatic hydroxyl groups is 1. The Hall–Kier alpha value is -1.71. The Balaban J connectivity index is 2.11. The summed E-state index contributed by atoms with van der Waals surface area (Å²) in [4.78, 5) is 11.2. The van der Waals surface area contributed by atoms with Crippen molar-refractivity contribution >= 4 is 50.6 Å². The van der Waals surface area contributed by atoms with Crippen LogP contribution < -0.4 is 9.47 Å². The molecule has 0 radical (unpaired) electrons. The standard InChI is InChI=1S/C25H31Cl3O7S/c1-5-36(31,32)15-19(30)13-33-20-8-6-17(7-9-20)25(3,4)18-10-22(27)24(23(28)11-18)34-14-21(12-26)35-16(2)29/h6-11,19,21,30H,5,12-15H2,1-4H3/t19-,21-/m0/s1. The summed E-state index contributed by atoms with van der Waals surface area (Å²) in [7, 11) is -3.29. The Morgan fingerprint density at radius 3 is 2.11 bits per heavy atom. The summed E-state index contributed by atoms with van der Waals surface area (Å²) in [6.07, 6.45) is -1.74. The lowest BCUT2D eigenvalue weighted by molar-refractivity contribution is -0.146. The molecule has 0 aromatic heterocycles. The van der Waals surface area contributed by atoms with Gasteiger partial charge in [-0.25, -0.2) is 8.42 Å². The van der Waals surface area contributed by atoms with Crippen molar-refractivity contribution in [3.05, 3.63) is 57.6 Å². The van der Waals surface area contributed by atoms with E-state index in [-0.39, 0.29) is 36.3 Å². The van der Waals surface area contributed by atoms with Gasteiger partial charge in [0, 0.05) is 18.1 Å². The monoisotopic (exact) mass is 580 g/mol. The van der Waals surface area contributed by atoms with Gasteiger partial charge in [-0.15, -0.1) is 11.6 Å². The molecule has 0 aliphatic heterocycles. The molecule has 0 fully saturated rings. The highest BCUT2D eigenvalue weighted by Gasteiger charge is 2.26. The number of carbonyl (C=O) groups is 1. The summed E-state index contributed by atoms with van der Waals surface area (Å²) in [5.74, 6) is 0.00630. The number of hydrogen-bond donors (Lipinski definition) is 1. The first-order valence-electron chi connectivity index (χ1n) is 11.3. The van der Waals surface area contributed by atoms with Crippen molar-refractivity contribution in [2.45, 2.75) is 45.3 Å². The average molecular weight is 582 g/mol. The van der Waals surface area contributed by atoms with Crippen molar-refractivity contribution in [2.24, 2.45) is 0 Å². The van der Waals surface area contributed by atoms with E-state index in [1.165, 1.54) is 13.8 Å². The molecule has 11 heteroatoms. The van der Waals surface area contributed by atoms with Gasteiger partial charge in [-0.3, -0.25) is 4.79 Å². The highest BCUT2D eigenvalue weighted by molar-refractivity contribution is 7.91. The van der Waals surface area contributed by atoms with Gasteiger partial charge in [0.15, 0.2) is 15.6 Å². The first-order chi connectivity index (χ1) is 16.8. The highest BCUT2D eigenvalue weighted by atomic mass is 35.5.